The molecule has 4 rings (SSSR count). The zero-order valence-corrected chi connectivity index (χ0v) is 13.9. The van der Waals surface area contributed by atoms with E-state index in [4.69, 9.17) is 0 Å². The summed E-state index contributed by atoms with van der Waals surface area (Å²) in [4.78, 5) is 14.2. The average Bonchev–Trinajstić information content (AvgIpc) is 3.09. The molecule has 2 unspecified atom stereocenters. The smallest absolute Gasteiger partial charge is 0.162 e. The third kappa shape index (κ3) is 2.66. The van der Waals surface area contributed by atoms with Crippen molar-refractivity contribution in [2.75, 3.05) is 0 Å². The van der Waals surface area contributed by atoms with Gasteiger partial charge in [0, 0.05) is 34.2 Å². The van der Waals surface area contributed by atoms with Crippen molar-refractivity contribution >= 4 is 17.1 Å². The van der Waals surface area contributed by atoms with Gasteiger partial charge >= 0.3 is 0 Å². The van der Waals surface area contributed by atoms with Crippen molar-refractivity contribution in [1.29, 1.82) is 0 Å². The SMILES string of the molecule is CC1=CC(c2cccs2)C2=C(CC(c3ccccc3)CC2=O)N1. The summed E-state index contributed by atoms with van der Waals surface area (Å²) < 4.78 is 0. The van der Waals surface area contributed by atoms with Gasteiger partial charge in [-0.05, 0) is 36.3 Å². The fourth-order valence-corrected chi connectivity index (χ4v) is 4.48. The number of carbonyl (C=O) groups excluding carboxylic acids is 1. The van der Waals surface area contributed by atoms with Gasteiger partial charge in [0.1, 0.15) is 0 Å². The fourth-order valence-electron chi connectivity index (χ4n) is 3.68. The van der Waals surface area contributed by atoms with Gasteiger partial charge in [-0.15, -0.1) is 11.3 Å². The van der Waals surface area contributed by atoms with E-state index in [2.05, 4.69) is 60.1 Å². The molecule has 1 aliphatic carbocycles. The van der Waals surface area contributed by atoms with Crippen molar-refractivity contribution < 1.29 is 4.79 Å². The molecular formula is C20H19NOS. The molecule has 1 N–H and O–H groups in total. The summed E-state index contributed by atoms with van der Waals surface area (Å²) in [5.74, 6) is 0.690. The maximum atomic E-state index is 12.9. The molecule has 0 bridgehead atoms. The topological polar surface area (TPSA) is 29.1 Å². The summed E-state index contributed by atoms with van der Waals surface area (Å²) in [5, 5.41) is 5.55. The highest BCUT2D eigenvalue weighted by Gasteiger charge is 2.35. The average molecular weight is 321 g/mol. The molecule has 23 heavy (non-hydrogen) atoms. The number of dihydropyridines is 1. The fraction of sp³-hybridized carbons (Fsp3) is 0.250. The molecule has 0 amide bonds. The Balaban J connectivity index is 1.72. The van der Waals surface area contributed by atoms with E-state index < -0.39 is 0 Å². The number of hydrogen-bond donors (Lipinski definition) is 1. The molecule has 2 atom stereocenters. The number of hydrogen-bond acceptors (Lipinski definition) is 3. The first-order chi connectivity index (χ1) is 11.2. The first-order valence-electron chi connectivity index (χ1n) is 8.02. The van der Waals surface area contributed by atoms with E-state index >= 15 is 0 Å². The molecule has 0 saturated carbocycles. The molecule has 0 spiro atoms. The lowest BCUT2D eigenvalue weighted by Gasteiger charge is -2.33. The van der Waals surface area contributed by atoms with Gasteiger partial charge in [0.2, 0.25) is 0 Å². The largest absolute Gasteiger partial charge is 0.362 e. The zero-order valence-electron chi connectivity index (χ0n) is 13.1. The molecule has 2 aromatic rings. The molecule has 116 valence electrons. The van der Waals surface area contributed by atoms with Crippen LogP contribution in [0, 0.1) is 0 Å². The molecule has 2 heterocycles. The van der Waals surface area contributed by atoms with Crippen LogP contribution in [0.5, 0.6) is 0 Å². The maximum absolute atomic E-state index is 12.9. The maximum Gasteiger partial charge on any atom is 0.162 e. The number of thiophene rings is 1. The van der Waals surface area contributed by atoms with Crippen LogP contribution in [-0.2, 0) is 4.79 Å². The zero-order chi connectivity index (χ0) is 15.8. The normalized spacial score (nSPS) is 24.0. The summed E-state index contributed by atoms with van der Waals surface area (Å²) in [6, 6.07) is 14.6. The highest BCUT2D eigenvalue weighted by molar-refractivity contribution is 7.10. The summed E-state index contributed by atoms with van der Waals surface area (Å²) >= 11 is 1.73. The second-order valence-electron chi connectivity index (χ2n) is 6.30. The highest BCUT2D eigenvalue weighted by Crippen LogP contribution is 2.43. The van der Waals surface area contributed by atoms with Crippen LogP contribution >= 0.6 is 11.3 Å². The standard InChI is InChI=1S/C20H19NOS/c1-13-10-16(19-8-5-9-23-19)20-17(21-13)11-15(12-18(20)22)14-6-3-2-4-7-14/h2-10,15-16,21H,11-12H2,1H3. The molecule has 1 aliphatic heterocycles. The molecule has 1 aromatic heterocycles. The van der Waals surface area contributed by atoms with Crippen molar-refractivity contribution in [1.82, 2.24) is 5.32 Å². The lowest BCUT2D eigenvalue weighted by molar-refractivity contribution is -0.116. The van der Waals surface area contributed by atoms with Gasteiger partial charge in [0.25, 0.3) is 0 Å². The van der Waals surface area contributed by atoms with Crippen molar-refractivity contribution in [3.05, 3.63) is 81.3 Å². The van der Waals surface area contributed by atoms with E-state index in [-0.39, 0.29) is 17.6 Å². The predicted octanol–water partition coefficient (Wildman–Crippen LogP) is 4.74. The third-order valence-corrected chi connectivity index (χ3v) is 5.66. The number of rotatable bonds is 2. The van der Waals surface area contributed by atoms with E-state index in [1.54, 1.807) is 11.3 Å². The lowest BCUT2D eigenvalue weighted by Crippen LogP contribution is -2.31. The number of carbonyl (C=O) groups is 1. The Morgan fingerprint density at radius 3 is 2.65 bits per heavy atom. The minimum Gasteiger partial charge on any atom is -0.362 e. The van der Waals surface area contributed by atoms with Gasteiger partial charge in [-0.1, -0.05) is 42.5 Å². The number of benzene rings is 1. The van der Waals surface area contributed by atoms with Gasteiger partial charge in [-0.2, -0.15) is 0 Å². The third-order valence-electron chi connectivity index (χ3n) is 4.70. The number of Topliss-reactive ketones (excluding diaryl/α,β-unsaturated/α-hetero) is 1. The van der Waals surface area contributed by atoms with Crippen LogP contribution in [0.25, 0.3) is 0 Å². The summed E-state index contributed by atoms with van der Waals surface area (Å²) in [5.41, 5.74) is 4.50. The van der Waals surface area contributed by atoms with E-state index in [9.17, 15) is 4.79 Å². The second kappa shape index (κ2) is 5.82. The van der Waals surface area contributed by atoms with Crippen molar-refractivity contribution in [3.8, 4) is 0 Å². The molecule has 0 radical (unpaired) electrons. The summed E-state index contributed by atoms with van der Waals surface area (Å²) in [6.07, 6.45) is 3.71. The summed E-state index contributed by atoms with van der Waals surface area (Å²) in [6.45, 7) is 2.08. The van der Waals surface area contributed by atoms with E-state index in [0.717, 1.165) is 23.4 Å². The molecule has 3 heteroatoms. The number of ketones is 1. The van der Waals surface area contributed by atoms with Gasteiger partial charge in [0.05, 0.1) is 0 Å². The first kappa shape index (κ1) is 14.5. The Bertz CT molecular complexity index is 786. The molecular weight excluding hydrogens is 302 g/mol. The van der Waals surface area contributed by atoms with Gasteiger partial charge < -0.3 is 5.32 Å². The van der Waals surface area contributed by atoms with Crippen molar-refractivity contribution in [2.24, 2.45) is 0 Å². The Morgan fingerprint density at radius 1 is 1.09 bits per heavy atom. The van der Waals surface area contributed by atoms with Crippen LogP contribution in [0.15, 0.2) is 70.9 Å². The van der Waals surface area contributed by atoms with Crippen LogP contribution in [-0.4, -0.2) is 5.78 Å². The van der Waals surface area contributed by atoms with Crippen LogP contribution in [0.3, 0.4) is 0 Å². The Labute approximate surface area is 140 Å². The van der Waals surface area contributed by atoms with Gasteiger partial charge in [0.15, 0.2) is 5.78 Å². The van der Waals surface area contributed by atoms with Crippen LogP contribution in [0.4, 0.5) is 0 Å². The highest BCUT2D eigenvalue weighted by atomic mass is 32.1. The van der Waals surface area contributed by atoms with Crippen LogP contribution < -0.4 is 5.32 Å². The minimum absolute atomic E-state index is 0.121. The molecule has 2 aliphatic rings. The minimum atomic E-state index is 0.121. The second-order valence-corrected chi connectivity index (χ2v) is 7.28. The van der Waals surface area contributed by atoms with Crippen LogP contribution in [0.2, 0.25) is 0 Å². The van der Waals surface area contributed by atoms with Crippen LogP contribution in [0.1, 0.15) is 42.0 Å². The van der Waals surface area contributed by atoms with Gasteiger partial charge in [-0.3, -0.25) is 4.79 Å². The molecule has 0 fully saturated rings. The van der Waals surface area contributed by atoms with E-state index in [1.807, 2.05) is 6.07 Å². The lowest BCUT2D eigenvalue weighted by atomic mass is 9.76. The Kier molecular flexibility index (Phi) is 3.66. The monoisotopic (exact) mass is 321 g/mol. The van der Waals surface area contributed by atoms with Crippen molar-refractivity contribution in [3.63, 3.8) is 0 Å². The molecule has 1 aromatic carbocycles. The van der Waals surface area contributed by atoms with E-state index in [1.165, 1.54) is 10.4 Å². The number of allylic oxidation sites excluding steroid dienone is 4. The quantitative estimate of drug-likeness (QED) is 0.865. The Hall–Kier alpha value is -2.13. The predicted molar refractivity (Wildman–Crippen MR) is 94.4 cm³/mol. The number of nitrogens with one attached hydrogen (secondary N) is 1. The molecule has 2 nitrogen and oxygen atoms in total. The Morgan fingerprint density at radius 2 is 1.91 bits per heavy atom. The summed E-state index contributed by atoms with van der Waals surface area (Å²) in [7, 11) is 0. The van der Waals surface area contributed by atoms with Gasteiger partial charge in [-0.25, -0.2) is 0 Å². The molecule has 0 saturated heterocycles. The van der Waals surface area contributed by atoms with E-state index in [0.29, 0.717) is 6.42 Å². The van der Waals surface area contributed by atoms with Crippen molar-refractivity contribution in [2.45, 2.75) is 31.6 Å². The first-order valence-corrected chi connectivity index (χ1v) is 8.90.